The zero-order valence-electron chi connectivity index (χ0n) is 9.95. The molecule has 0 radical (unpaired) electrons. The van der Waals surface area contributed by atoms with E-state index in [9.17, 15) is 9.59 Å². The molecule has 90 valence electrons. The molecule has 2 amide bonds. The largest absolute Gasteiger partial charge is 0.336 e. The molecule has 0 aromatic rings. The lowest BCUT2D eigenvalue weighted by molar-refractivity contribution is -0.146. The van der Waals surface area contributed by atoms with Crippen LogP contribution in [0.15, 0.2) is 0 Å². The maximum Gasteiger partial charge on any atom is 0.242 e. The Labute approximate surface area is 96.6 Å². The average Bonchev–Trinajstić information content (AvgIpc) is 2.30. The summed E-state index contributed by atoms with van der Waals surface area (Å²) in [5.41, 5.74) is 0. The number of piperazine rings is 1. The van der Waals surface area contributed by atoms with Crippen molar-refractivity contribution in [2.24, 2.45) is 0 Å². The van der Waals surface area contributed by atoms with E-state index < -0.39 is 0 Å². The van der Waals surface area contributed by atoms with Gasteiger partial charge < -0.3 is 9.80 Å². The van der Waals surface area contributed by atoms with E-state index in [1.807, 2.05) is 4.90 Å². The third kappa shape index (κ3) is 2.36. The van der Waals surface area contributed by atoms with Crippen LogP contribution in [0.3, 0.4) is 0 Å². The Balaban J connectivity index is 1.93. The first kappa shape index (κ1) is 11.4. The molecule has 0 bridgehead atoms. The molecule has 0 atom stereocenters. The van der Waals surface area contributed by atoms with Gasteiger partial charge in [-0.1, -0.05) is 19.3 Å². The van der Waals surface area contributed by atoms with Crippen molar-refractivity contribution in [2.75, 3.05) is 19.6 Å². The zero-order chi connectivity index (χ0) is 11.5. The summed E-state index contributed by atoms with van der Waals surface area (Å²) in [5.74, 6) is 0.144. The second-order valence-electron chi connectivity index (χ2n) is 4.82. The van der Waals surface area contributed by atoms with Gasteiger partial charge in [0.25, 0.3) is 0 Å². The molecule has 1 saturated heterocycles. The maximum absolute atomic E-state index is 11.9. The molecule has 2 fully saturated rings. The first-order valence-corrected chi connectivity index (χ1v) is 6.23. The Morgan fingerprint density at radius 3 is 2.44 bits per heavy atom. The average molecular weight is 224 g/mol. The maximum atomic E-state index is 11.9. The van der Waals surface area contributed by atoms with Crippen LogP contribution in [-0.4, -0.2) is 47.3 Å². The molecule has 2 rings (SSSR count). The monoisotopic (exact) mass is 224 g/mol. The Bertz CT molecular complexity index is 285. The van der Waals surface area contributed by atoms with Crippen LogP contribution in [0.5, 0.6) is 0 Å². The molecular formula is C12H20N2O2. The Morgan fingerprint density at radius 1 is 1.19 bits per heavy atom. The van der Waals surface area contributed by atoms with Crippen molar-refractivity contribution in [3.8, 4) is 0 Å². The molecule has 1 aliphatic carbocycles. The molecule has 16 heavy (non-hydrogen) atoms. The van der Waals surface area contributed by atoms with Crippen molar-refractivity contribution in [1.82, 2.24) is 9.80 Å². The van der Waals surface area contributed by atoms with Gasteiger partial charge in [0.1, 0.15) is 0 Å². The molecular weight excluding hydrogens is 204 g/mol. The number of carbonyl (C=O) groups excluding carboxylic acids is 2. The first-order chi connectivity index (χ1) is 7.68. The highest BCUT2D eigenvalue weighted by Crippen LogP contribution is 2.23. The number of hydrogen-bond donors (Lipinski definition) is 0. The van der Waals surface area contributed by atoms with Gasteiger partial charge in [-0.15, -0.1) is 0 Å². The van der Waals surface area contributed by atoms with Gasteiger partial charge in [-0.2, -0.15) is 0 Å². The topological polar surface area (TPSA) is 40.6 Å². The molecule has 0 N–H and O–H groups in total. The minimum Gasteiger partial charge on any atom is -0.336 e. The van der Waals surface area contributed by atoms with E-state index in [1.165, 1.54) is 26.2 Å². The van der Waals surface area contributed by atoms with E-state index in [1.54, 1.807) is 4.90 Å². The molecule has 0 unspecified atom stereocenters. The lowest BCUT2D eigenvalue weighted by Crippen LogP contribution is -2.55. The molecule has 0 aromatic carbocycles. The number of carbonyl (C=O) groups is 2. The van der Waals surface area contributed by atoms with Crippen LogP contribution >= 0.6 is 0 Å². The Hall–Kier alpha value is -1.06. The SMILES string of the molecule is CC(=O)N1CCN(C2CCCCC2)C(=O)C1. The second kappa shape index (κ2) is 4.85. The molecule has 0 aromatic heterocycles. The predicted molar refractivity (Wildman–Crippen MR) is 60.8 cm³/mol. The van der Waals surface area contributed by atoms with Gasteiger partial charge >= 0.3 is 0 Å². The summed E-state index contributed by atoms with van der Waals surface area (Å²) in [4.78, 5) is 26.8. The molecule has 1 heterocycles. The molecule has 2 aliphatic rings. The minimum atomic E-state index is 0.0108. The second-order valence-corrected chi connectivity index (χ2v) is 4.82. The van der Waals surface area contributed by atoms with Crippen molar-refractivity contribution < 1.29 is 9.59 Å². The smallest absolute Gasteiger partial charge is 0.242 e. The van der Waals surface area contributed by atoms with E-state index in [-0.39, 0.29) is 18.4 Å². The van der Waals surface area contributed by atoms with Gasteiger partial charge in [0, 0.05) is 26.1 Å². The fourth-order valence-corrected chi connectivity index (χ4v) is 2.73. The molecule has 4 nitrogen and oxygen atoms in total. The summed E-state index contributed by atoms with van der Waals surface area (Å²) in [6, 6.07) is 0.440. The first-order valence-electron chi connectivity index (χ1n) is 6.23. The summed E-state index contributed by atoms with van der Waals surface area (Å²) in [6.45, 7) is 3.25. The van der Waals surface area contributed by atoms with Gasteiger partial charge in [-0.25, -0.2) is 0 Å². The zero-order valence-corrected chi connectivity index (χ0v) is 9.95. The van der Waals surface area contributed by atoms with Crippen molar-refractivity contribution in [2.45, 2.75) is 45.1 Å². The van der Waals surface area contributed by atoms with E-state index in [0.29, 0.717) is 12.6 Å². The van der Waals surface area contributed by atoms with E-state index >= 15 is 0 Å². The highest BCUT2D eigenvalue weighted by Gasteiger charge is 2.30. The lowest BCUT2D eigenvalue weighted by atomic mass is 9.93. The van der Waals surface area contributed by atoms with Crippen LogP contribution in [-0.2, 0) is 9.59 Å². The third-order valence-electron chi connectivity index (χ3n) is 3.72. The van der Waals surface area contributed by atoms with E-state index in [4.69, 9.17) is 0 Å². The van der Waals surface area contributed by atoms with Crippen LogP contribution in [0.25, 0.3) is 0 Å². The number of amides is 2. The predicted octanol–water partition coefficient (Wildman–Crippen LogP) is 1.01. The van der Waals surface area contributed by atoms with Crippen LogP contribution in [0.4, 0.5) is 0 Å². The third-order valence-corrected chi connectivity index (χ3v) is 3.72. The van der Waals surface area contributed by atoms with Gasteiger partial charge in [0.05, 0.1) is 6.54 Å². The summed E-state index contributed by atoms with van der Waals surface area (Å²) in [7, 11) is 0. The minimum absolute atomic E-state index is 0.0108. The van der Waals surface area contributed by atoms with Crippen molar-refractivity contribution in [1.29, 1.82) is 0 Å². The van der Waals surface area contributed by atoms with E-state index in [2.05, 4.69) is 0 Å². The fourth-order valence-electron chi connectivity index (χ4n) is 2.73. The summed E-state index contributed by atoms with van der Waals surface area (Å²) < 4.78 is 0. The van der Waals surface area contributed by atoms with Crippen LogP contribution < -0.4 is 0 Å². The quantitative estimate of drug-likeness (QED) is 0.667. The molecule has 0 spiro atoms. The fraction of sp³-hybridized carbons (Fsp3) is 0.833. The van der Waals surface area contributed by atoms with Gasteiger partial charge in [0.15, 0.2) is 0 Å². The Kier molecular flexibility index (Phi) is 3.46. The van der Waals surface area contributed by atoms with Gasteiger partial charge in [0.2, 0.25) is 11.8 Å². The normalized spacial score (nSPS) is 23.7. The van der Waals surface area contributed by atoms with Gasteiger partial charge in [-0.05, 0) is 12.8 Å². The molecule has 1 aliphatic heterocycles. The number of hydrogen-bond acceptors (Lipinski definition) is 2. The molecule has 4 heteroatoms. The van der Waals surface area contributed by atoms with Crippen LogP contribution in [0.2, 0.25) is 0 Å². The van der Waals surface area contributed by atoms with E-state index in [0.717, 1.165) is 19.4 Å². The summed E-state index contributed by atoms with van der Waals surface area (Å²) in [5, 5.41) is 0. The number of nitrogens with zero attached hydrogens (tertiary/aromatic N) is 2. The summed E-state index contributed by atoms with van der Waals surface area (Å²) >= 11 is 0. The van der Waals surface area contributed by atoms with Crippen molar-refractivity contribution >= 4 is 11.8 Å². The lowest BCUT2D eigenvalue weighted by Gasteiger charge is -2.40. The van der Waals surface area contributed by atoms with Crippen LogP contribution in [0, 0.1) is 0 Å². The van der Waals surface area contributed by atoms with Crippen molar-refractivity contribution in [3.05, 3.63) is 0 Å². The standard InChI is InChI=1S/C12H20N2O2/c1-10(15)13-7-8-14(12(16)9-13)11-5-3-2-4-6-11/h11H,2-9H2,1H3. The summed E-state index contributed by atoms with van der Waals surface area (Å²) in [6.07, 6.45) is 6.07. The Morgan fingerprint density at radius 2 is 1.88 bits per heavy atom. The van der Waals surface area contributed by atoms with Crippen LogP contribution in [0.1, 0.15) is 39.0 Å². The molecule has 1 saturated carbocycles. The number of rotatable bonds is 1. The van der Waals surface area contributed by atoms with Crippen molar-refractivity contribution in [3.63, 3.8) is 0 Å². The highest BCUT2D eigenvalue weighted by atomic mass is 16.2. The highest BCUT2D eigenvalue weighted by molar-refractivity contribution is 5.85. The van der Waals surface area contributed by atoms with Gasteiger partial charge in [-0.3, -0.25) is 9.59 Å².